The molecule has 108 valence electrons. The largest absolute Gasteiger partial charge is 0.478 e. The maximum Gasteiger partial charge on any atom is 0.335 e. The lowest BCUT2D eigenvalue weighted by Crippen LogP contribution is -2.45. The number of nitrogens with two attached hydrogens (primary N) is 1. The lowest BCUT2D eigenvalue weighted by atomic mass is 10.0. The molecule has 3 N–H and O–H groups in total. The molecule has 1 atom stereocenters. The zero-order valence-corrected chi connectivity index (χ0v) is 11.5. The number of carboxylic acid groups (broad SMARTS) is 1. The molecule has 20 heavy (non-hydrogen) atoms. The summed E-state index contributed by atoms with van der Waals surface area (Å²) in [5.41, 5.74) is 5.84. The van der Waals surface area contributed by atoms with Crippen molar-refractivity contribution in [1.29, 1.82) is 0 Å². The molecule has 1 aliphatic heterocycles. The molecule has 0 radical (unpaired) electrons. The summed E-state index contributed by atoms with van der Waals surface area (Å²) in [5, 5.41) is 8.91. The second kappa shape index (κ2) is 5.13. The van der Waals surface area contributed by atoms with E-state index in [-0.39, 0.29) is 17.2 Å². The van der Waals surface area contributed by atoms with Crippen molar-refractivity contribution >= 4 is 23.3 Å². The molecule has 0 saturated carbocycles. The van der Waals surface area contributed by atoms with E-state index in [1.54, 1.807) is 14.0 Å². The van der Waals surface area contributed by atoms with Crippen molar-refractivity contribution < 1.29 is 19.4 Å². The van der Waals surface area contributed by atoms with Gasteiger partial charge in [-0.25, -0.2) is 4.79 Å². The smallest absolute Gasteiger partial charge is 0.335 e. The van der Waals surface area contributed by atoms with Crippen LogP contribution in [0.5, 0.6) is 0 Å². The zero-order chi connectivity index (χ0) is 14.9. The second-order valence-electron chi connectivity index (χ2n) is 5.13. The standard InChI is InChI=1S/C14H18N2O4/c1-14(6-3-7-20-14)13(19)16(2)11-5-4-9(12(17)18)8-10(11)15/h4-5,8H,3,6-7,15H2,1-2H3,(H,17,18). The van der Waals surface area contributed by atoms with Crippen molar-refractivity contribution in [2.75, 3.05) is 24.3 Å². The van der Waals surface area contributed by atoms with E-state index in [4.69, 9.17) is 15.6 Å². The van der Waals surface area contributed by atoms with Crippen LogP contribution < -0.4 is 10.6 Å². The monoisotopic (exact) mass is 278 g/mol. The number of benzene rings is 1. The van der Waals surface area contributed by atoms with Gasteiger partial charge in [-0.1, -0.05) is 0 Å². The van der Waals surface area contributed by atoms with Crippen LogP contribution in [0.15, 0.2) is 18.2 Å². The van der Waals surface area contributed by atoms with E-state index >= 15 is 0 Å². The van der Waals surface area contributed by atoms with Gasteiger partial charge in [0.25, 0.3) is 5.91 Å². The number of amides is 1. The fraction of sp³-hybridized carbons (Fsp3) is 0.429. The van der Waals surface area contributed by atoms with Gasteiger partial charge in [-0.3, -0.25) is 4.79 Å². The van der Waals surface area contributed by atoms with Gasteiger partial charge in [0.2, 0.25) is 0 Å². The molecule has 1 aromatic rings. The highest BCUT2D eigenvalue weighted by molar-refractivity contribution is 6.02. The highest BCUT2D eigenvalue weighted by atomic mass is 16.5. The summed E-state index contributed by atoms with van der Waals surface area (Å²) in [4.78, 5) is 24.8. The molecule has 1 aromatic carbocycles. The van der Waals surface area contributed by atoms with E-state index in [9.17, 15) is 9.59 Å². The number of rotatable bonds is 3. The Hall–Kier alpha value is -2.08. The second-order valence-corrected chi connectivity index (χ2v) is 5.13. The van der Waals surface area contributed by atoms with Crippen molar-refractivity contribution in [2.45, 2.75) is 25.4 Å². The van der Waals surface area contributed by atoms with Crippen LogP contribution in [0.1, 0.15) is 30.1 Å². The summed E-state index contributed by atoms with van der Waals surface area (Å²) in [5.74, 6) is -1.23. The number of hydrogen-bond donors (Lipinski definition) is 2. The number of carboxylic acids is 1. The predicted octanol–water partition coefficient (Wildman–Crippen LogP) is 1.50. The van der Waals surface area contributed by atoms with Gasteiger partial charge in [-0.05, 0) is 38.0 Å². The van der Waals surface area contributed by atoms with E-state index in [1.165, 1.54) is 23.1 Å². The van der Waals surface area contributed by atoms with E-state index in [1.807, 2.05) is 0 Å². The first-order valence-electron chi connectivity index (χ1n) is 6.40. The highest BCUT2D eigenvalue weighted by Gasteiger charge is 2.40. The number of carbonyl (C=O) groups excluding carboxylic acids is 1. The molecule has 6 nitrogen and oxygen atoms in total. The van der Waals surface area contributed by atoms with Gasteiger partial charge in [0.15, 0.2) is 0 Å². The molecule has 1 saturated heterocycles. The summed E-state index contributed by atoms with van der Waals surface area (Å²) >= 11 is 0. The molecule has 1 fully saturated rings. The van der Waals surface area contributed by atoms with E-state index in [0.29, 0.717) is 18.7 Å². The fourth-order valence-corrected chi connectivity index (χ4v) is 2.40. The molecule has 0 aromatic heterocycles. The summed E-state index contributed by atoms with van der Waals surface area (Å²) in [6.07, 6.45) is 1.52. The Morgan fingerprint density at radius 1 is 1.45 bits per heavy atom. The fourth-order valence-electron chi connectivity index (χ4n) is 2.40. The molecular formula is C14H18N2O4. The van der Waals surface area contributed by atoms with Crippen LogP contribution >= 0.6 is 0 Å². The predicted molar refractivity (Wildman–Crippen MR) is 74.8 cm³/mol. The van der Waals surface area contributed by atoms with E-state index in [0.717, 1.165) is 6.42 Å². The summed E-state index contributed by atoms with van der Waals surface area (Å²) < 4.78 is 5.52. The van der Waals surface area contributed by atoms with Gasteiger partial charge in [0.05, 0.1) is 16.9 Å². The first-order chi connectivity index (χ1) is 9.35. The van der Waals surface area contributed by atoms with Crippen LogP contribution in [0, 0.1) is 0 Å². The summed E-state index contributed by atoms with van der Waals surface area (Å²) in [6.45, 7) is 2.34. The molecular weight excluding hydrogens is 260 g/mol. The number of hydrogen-bond acceptors (Lipinski definition) is 4. The minimum absolute atomic E-state index is 0.0930. The molecule has 1 unspecified atom stereocenters. The van der Waals surface area contributed by atoms with Gasteiger partial charge in [0, 0.05) is 13.7 Å². The first-order valence-corrected chi connectivity index (χ1v) is 6.40. The number of carbonyl (C=O) groups is 2. The maximum absolute atomic E-state index is 12.5. The van der Waals surface area contributed by atoms with Gasteiger partial charge < -0.3 is 20.5 Å². The third-order valence-corrected chi connectivity index (χ3v) is 3.61. The van der Waals surface area contributed by atoms with Crippen LogP contribution in [0.4, 0.5) is 11.4 Å². The number of aromatic carboxylic acids is 1. The number of ether oxygens (including phenoxy) is 1. The van der Waals surface area contributed by atoms with Crippen LogP contribution in [0.3, 0.4) is 0 Å². The Kier molecular flexibility index (Phi) is 3.67. The molecule has 0 bridgehead atoms. The Bertz CT molecular complexity index is 550. The lowest BCUT2D eigenvalue weighted by molar-refractivity contribution is -0.136. The van der Waals surface area contributed by atoms with Crippen LogP contribution in [-0.4, -0.2) is 36.2 Å². The van der Waals surface area contributed by atoms with Crippen molar-refractivity contribution in [3.63, 3.8) is 0 Å². The average Bonchev–Trinajstić information content (AvgIpc) is 2.85. The van der Waals surface area contributed by atoms with E-state index < -0.39 is 11.6 Å². The normalized spacial score (nSPS) is 21.7. The van der Waals surface area contributed by atoms with Crippen molar-refractivity contribution in [3.8, 4) is 0 Å². The van der Waals surface area contributed by atoms with Crippen molar-refractivity contribution in [1.82, 2.24) is 0 Å². The third kappa shape index (κ3) is 2.46. The first kappa shape index (κ1) is 14.3. The van der Waals surface area contributed by atoms with Crippen LogP contribution in [0.25, 0.3) is 0 Å². The summed E-state index contributed by atoms with van der Waals surface area (Å²) in [7, 11) is 1.61. The number of anilines is 2. The topological polar surface area (TPSA) is 92.9 Å². The van der Waals surface area contributed by atoms with Gasteiger partial charge >= 0.3 is 5.97 Å². The average molecular weight is 278 g/mol. The Morgan fingerprint density at radius 3 is 2.65 bits per heavy atom. The van der Waals surface area contributed by atoms with Gasteiger partial charge in [-0.15, -0.1) is 0 Å². The van der Waals surface area contributed by atoms with Crippen LogP contribution in [0.2, 0.25) is 0 Å². The highest BCUT2D eigenvalue weighted by Crippen LogP contribution is 2.31. The zero-order valence-electron chi connectivity index (χ0n) is 11.5. The van der Waals surface area contributed by atoms with E-state index in [2.05, 4.69) is 0 Å². The molecule has 1 amide bonds. The molecule has 0 spiro atoms. The Morgan fingerprint density at radius 2 is 2.15 bits per heavy atom. The van der Waals surface area contributed by atoms with Crippen molar-refractivity contribution in [3.05, 3.63) is 23.8 Å². The van der Waals surface area contributed by atoms with Crippen molar-refractivity contribution in [2.24, 2.45) is 0 Å². The van der Waals surface area contributed by atoms with Gasteiger partial charge in [-0.2, -0.15) is 0 Å². The number of nitrogen functional groups attached to an aromatic ring is 1. The van der Waals surface area contributed by atoms with Gasteiger partial charge in [0.1, 0.15) is 5.60 Å². The molecule has 6 heteroatoms. The number of nitrogens with zero attached hydrogens (tertiary/aromatic N) is 1. The quantitative estimate of drug-likeness (QED) is 0.817. The maximum atomic E-state index is 12.5. The lowest BCUT2D eigenvalue weighted by Gasteiger charge is -2.29. The molecule has 1 aliphatic rings. The minimum atomic E-state index is -1.05. The summed E-state index contributed by atoms with van der Waals surface area (Å²) in [6, 6.07) is 4.31. The molecule has 2 rings (SSSR count). The Balaban J connectivity index is 2.27. The number of likely N-dealkylation sites (N-methyl/N-ethyl adjacent to an activating group) is 1. The Labute approximate surface area is 117 Å². The third-order valence-electron chi connectivity index (χ3n) is 3.61. The molecule has 0 aliphatic carbocycles. The minimum Gasteiger partial charge on any atom is -0.478 e. The van der Waals surface area contributed by atoms with Crippen LogP contribution in [-0.2, 0) is 9.53 Å². The molecule has 1 heterocycles. The SMILES string of the molecule is CN(C(=O)C1(C)CCCO1)c1ccc(C(=O)O)cc1N.